The van der Waals surface area contributed by atoms with Crippen molar-refractivity contribution in [3.8, 4) is 0 Å². The molecule has 130 valence electrons. The lowest BCUT2D eigenvalue weighted by atomic mass is 10.1. The summed E-state index contributed by atoms with van der Waals surface area (Å²) in [6.45, 7) is 0.366. The number of hydrogen-bond donors (Lipinski definition) is 5. The van der Waals surface area contributed by atoms with Crippen molar-refractivity contribution in [2.24, 2.45) is 5.73 Å². The van der Waals surface area contributed by atoms with Crippen LogP contribution in [0.2, 0.25) is 0 Å². The minimum absolute atomic E-state index is 0.139. The molecular formula is C13H21N3O6S. The molecule has 0 radical (unpaired) electrons. The van der Waals surface area contributed by atoms with E-state index in [-0.39, 0.29) is 18.6 Å². The van der Waals surface area contributed by atoms with Gasteiger partial charge in [0.15, 0.2) is 0 Å². The van der Waals surface area contributed by atoms with E-state index in [4.69, 9.17) is 15.9 Å². The third-order valence-corrected chi connectivity index (χ3v) is 4.01. The molecule has 0 aromatic heterocycles. The van der Waals surface area contributed by atoms with Crippen LogP contribution in [0.25, 0.3) is 0 Å². The van der Waals surface area contributed by atoms with Crippen molar-refractivity contribution in [3.05, 3.63) is 0 Å². The number of nitrogens with zero attached hydrogens (tertiary/aromatic N) is 1. The normalized spacial score (nSPS) is 19.9. The molecule has 1 aliphatic heterocycles. The Kier molecular flexibility index (Phi) is 7.30. The van der Waals surface area contributed by atoms with Gasteiger partial charge in [-0.3, -0.25) is 14.4 Å². The van der Waals surface area contributed by atoms with Gasteiger partial charge in [0.25, 0.3) is 0 Å². The Hall–Kier alpha value is -1.81. The van der Waals surface area contributed by atoms with Crippen molar-refractivity contribution >= 4 is 36.4 Å². The SMILES string of the molecule is N[C@@H](CS)C(=O)N1CCC[C@H]1C(=O)N[C@@H](CCC(=O)O)C(=O)O. The number of carbonyl (C=O) groups excluding carboxylic acids is 2. The molecule has 2 amide bonds. The second-order valence-corrected chi connectivity index (χ2v) is 5.68. The summed E-state index contributed by atoms with van der Waals surface area (Å²) in [6, 6.07) is -2.93. The number of rotatable bonds is 8. The van der Waals surface area contributed by atoms with E-state index in [1.807, 2.05) is 0 Å². The monoisotopic (exact) mass is 347 g/mol. The number of likely N-dealkylation sites (tertiary alicyclic amines) is 1. The Morgan fingerprint density at radius 1 is 1.30 bits per heavy atom. The molecule has 23 heavy (non-hydrogen) atoms. The van der Waals surface area contributed by atoms with Gasteiger partial charge in [0.2, 0.25) is 11.8 Å². The van der Waals surface area contributed by atoms with Gasteiger partial charge in [-0.1, -0.05) is 0 Å². The number of aliphatic carboxylic acids is 2. The minimum atomic E-state index is -1.32. The Morgan fingerprint density at radius 3 is 2.48 bits per heavy atom. The van der Waals surface area contributed by atoms with Crippen molar-refractivity contribution in [1.29, 1.82) is 0 Å². The molecule has 0 unspecified atom stereocenters. The Balaban J connectivity index is 2.71. The second-order valence-electron chi connectivity index (χ2n) is 5.31. The van der Waals surface area contributed by atoms with Crippen molar-refractivity contribution in [1.82, 2.24) is 10.2 Å². The summed E-state index contributed by atoms with van der Waals surface area (Å²) in [5, 5.41) is 20.0. The molecule has 0 aromatic carbocycles. The Labute approximate surface area is 138 Å². The van der Waals surface area contributed by atoms with Gasteiger partial charge >= 0.3 is 11.9 Å². The number of nitrogens with two attached hydrogens (primary N) is 1. The zero-order valence-corrected chi connectivity index (χ0v) is 13.4. The fourth-order valence-corrected chi connectivity index (χ4v) is 2.54. The maximum atomic E-state index is 12.3. The van der Waals surface area contributed by atoms with E-state index in [0.29, 0.717) is 19.4 Å². The first-order valence-corrected chi connectivity index (χ1v) is 7.83. The number of carbonyl (C=O) groups is 4. The molecular weight excluding hydrogens is 326 g/mol. The van der Waals surface area contributed by atoms with E-state index >= 15 is 0 Å². The first kappa shape index (κ1) is 19.2. The number of thiol groups is 1. The molecule has 0 aromatic rings. The fourth-order valence-electron chi connectivity index (χ4n) is 2.39. The molecule has 5 N–H and O–H groups in total. The van der Waals surface area contributed by atoms with Gasteiger partial charge in [-0.25, -0.2) is 4.79 Å². The summed E-state index contributed by atoms with van der Waals surface area (Å²) in [5.74, 6) is -3.35. The summed E-state index contributed by atoms with van der Waals surface area (Å²) in [4.78, 5) is 47.3. The maximum absolute atomic E-state index is 12.3. The lowest BCUT2D eigenvalue weighted by Gasteiger charge is -2.27. The minimum Gasteiger partial charge on any atom is -0.481 e. The summed E-state index contributed by atoms with van der Waals surface area (Å²) in [5.41, 5.74) is 5.63. The van der Waals surface area contributed by atoms with Crippen LogP contribution in [-0.4, -0.2) is 69.3 Å². The highest BCUT2D eigenvalue weighted by Gasteiger charge is 2.37. The molecule has 0 spiro atoms. The molecule has 1 heterocycles. The van der Waals surface area contributed by atoms with E-state index in [9.17, 15) is 19.2 Å². The molecule has 9 nitrogen and oxygen atoms in total. The van der Waals surface area contributed by atoms with Gasteiger partial charge in [0, 0.05) is 18.7 Å². The summed E-state index contributed by atoms with van der Waals surface area (Å²) in [6.07, 6.45) is 0.403. The third kappa shape index (κ3) is 5.39. The van der Waals surface area contributed by atoms with Crippen LogP contribution >= 0.6 is 12.6 Å². The molecule has 0 bridgehead atoms. The zero-order chi connectivity index (χ0) is 17.6. The number of nitrogens with one attached hydrogen (secondary N) is 1. The molecule has 1 fully saturated rings. The molecule has 0 aliphatic carbocycles. The van der Waals surface area contributed by atoms with Crippen LogP contribution in [0.1, 0.15) is 25.7 Å². The van der Waals surface area contributed by atoms with E-state index in [2.05, 4.69) is 17.9 Å². The lowest BCUT2D eigenvalue weighted by molar-refractivity contribution is -0.144. The molecule has 10 heteroatoms. The third-order valence-electron chi connectivity index (χ3n) is 3.61. The van der Waals surface area contributed by atoms with Crippen LogP contribution in [0.4, 0.5) is 0 Å². The van der Waals surface area contributed by atoms with Crippen molar-refractivity contribution in [2.45, 2.75) is 43.8 Å². The van der Waals surface area contributed by atoms with Gasteiger partial charge in [-0.2, -0.15) is 12.6 Å². The lowest BCUT2D eigenvalue weighted by Crippen LogP contribution is -2.54. The van der Waals surface area contributed by atoms with Gasteiger partial charge in [0.05, 0.1) is 6.04 Å². The maximum Gasteiger partial charge on any atom is 0.326 e. The van der Waals surface area contributed by atoms with Crippen LogP contribution in [0, 0.1) is 0 Å². The molecule has 1 rings (SSSR count). The second kappa shape index (κ2) is 8.73. The van der Waals surface area contributed by atoms with Crippen LogP contribution in [0.5, 0.6) is 0 Å². The zero-order valence-electron chi connectivity index (χ0n) is 12.5. The van der Waals surface area contributed by atoms with Gasteiger partial charge < -0.3 is 26.2 Å². The van der Waals surface area contributed by atoms with Crippen LogP contribution in [0.15, 0.2) is 0 Å². The van der Waals surface area contributed by atoms with E-state index in [0.717, 1.165) is 0 Å². The smallest absolute Gasteiger partial charge is 0.326 e. The van der Waals surface area contributed by atoms with Crippen molar-refractivity contribution in [3.63, 3.8) is 0 Å². The van der Waals surface area contributed by atoms with Gasteiger partial charge in [0.1, 0.15) is 12.1 Å². The molecule has 3 atom stereocenters. The number of carboxylic acid groups (broad SMARTS) is 2. The highest BCUT2D eigenvalue weighted by molar-refractivity contribution is 7.80. The Morgan fingerprint density at radius 2 is 1.96 bits per heavy atom. The number of hydrogen-bond acceptors (Lipinski definition) is 6. The first-order chi connectivity index (χ1) is 10.8. The summed E-state index contributed by atoms with van der Waals surface area (Å²) in [7, 11) is 0. The predicted octanol–water partition coefficient (Wildman–Crippen LogP) is -1.33. The highest BCUT2D eigenvalue weighted by Crippen LogP contribution is 2.19. The van der Waals surface area contributed by atoms with Crippen molar-refractivity contribution in [2.75, 3.05) is 12.3 Å². The molecule has 1 aliphatic rings. The first-order valence-electron chi connectivity index (χ1n) is 7.19. The number of amides is 2. The van der Waals surface area contributed by atoms with Gasteiger partial charge in [-0.05, 0) is 19.3 Å². The predicted molar refractivity (Wildman–Crippen MR) is 83.0 cm³/mol. The fraction of sp³-hybridized carbons (Fsp3) is 0.692. The molecule has 0 saturated carbocycles. The topological polar surface area (TPSA) is 150 Å². The average molecular weight is 347 g/mol. The molecule has 1 saturated heterocycles. The van der Waals surface area contributed by atoms with E-state index in [1.165, 1.54) is 4.90 Å². The van der Waals surface area contributed by atoms with Crippen LogP contribution in [0.3, 0.4) is 0 Å². The van der Waals surface area contributed by atoms with Crippen LogP contribution in [-0.2, 0) is 19.2 Å². The van der Waals surface area contributed by atoms with E-state index < -0.39 is 41.9 Å². The summed E-state index contributed by atoms with van der Waals surface area (Å²) >= 11 is 3.95. The highest BCUT2D eigenvalue weighted by atomic mass is 32.1. The van der Waals surface area contributed by atoms with Gasteiger partial charge in [-0.15, -0.1) is 0 Å². The average Bonchev–Trinajstić information content (AvgIpc) is 2.98. The number of carboxylic acids is 2. The quantitative estimate of drug-likeness (QED) is 0.341. The van der Waals surface area contributed by atoms with Crippen LogP contribution < -0.4 is 11.1 Å². The largest absolute Gasteiger partial charge is 0.481 e. The standard InChI is InChI=1S/C13H21N3O6S/c14-7(6-23)12(20)16-5-1-2-9(16)11(19)15-8(13(21)22)3-4-10(17)18/h7-9,23H,1-6,14H2,(H,15,19)(H,17,18)(H,21,22)/t7-,8-,9-/m0/s1. The van der Waals surface area contributed by atoms with Crippen molar-refractivity contribution < 1.29 is 29.4 Å². The van der Waals surface area contributed by atoms with E-state index in [1.54, 1.807) is 0 Å². The Bertz CT molecular complexity index is 486. The summed E-state index contributed by atoms with van der Waals surface area (Å²) < 4.78 is 0.